The number of halogens is 2. The Morgan fingerprint density at radius 1 is 1.38 bits per heavy atom. The second-order valence-electron chi connectivity index (χ2n) is 6.50. The van der Waals surface area contributed by atoms with Crippen molar-refractivity contribution in [2.45, 2.75) is 51.0 Å². The molecule has 1 spiro atoms. The van der Waals surface area contributed by atoms with Gasteiger partial charge in [-0.05, 0) is 38.2 Å². The molecule has 0 saturated carbocycles. The van der Waals surface area contributed by atoms with E-state index in [1.807, 2.05) is 11.8 Å². The van der Waals surface area contributed by atoms with Gasteiger partial charge in [-0.25, -0.2) is 8.78 Å². The van der Waals surface area contributed by atoms with Crippen LogP contribution in [0.5, 0.6) is 0 Å². The number of aromatic nitrogens is 2. The zero-order valence-corrected chi connectivity index (χ0v) is 13.7. The van der Waals surface area contributed by atoms with Gasteiger partial charge in [0.05, 0.1) is 0 Å². The highest BCUT2D eigenvalue weighted by Gasteiger charge is 2.52. The van der Waals surface area contributed by atoms with E-state index in [4.69, 9.17) is 0 Å². The standard InChI is InChI=1S/C16H22F2N4O2/c1-2-7-21-8-3-5-16(15(21)24)6-4-9-22(16)14(23)12-10-11(13(17)18)19-20-12/h10,13H,2-9H2,1H3,(H,19,20). The van der Waals surface area contributed by atoms with E-state index in [1.54, 1.807) is 4.90 Å². The molecule has 8 heteroatoms. The maximum Gasteiger partial charge on any atom is 0.279 e. The van der Waals surface area contributed by atoms with Crippen LogP contribution in [0, 0.1) is 0 Å². The van der Waals surface area contributed by atoms with Crippen molar-refractivity contribution in [3.05, 3.63) is 17.5 Å². The van der Waals surface area contributed by atoms with Crippen LogP contribution in [0.1, 0.15) is 61.6 Å². The average molecular weight is 340 g/mol. The second kappa shape index (κ2) is 6.49. The first-order valence-corrected chi connectivity index (χ1v) is 8.44. The number of aromatic amines is 1. The Balaban J connectivity index is 1.86. The Morgan fingerprint density at radius 2 is 2.08 bits per heavy atom. The van der Waals surface area contributed by atoms with Crippen LogP contribution < -0.4 is 0 Å². The zero-order chi connectivity index (χ0) is 17.3. The molecule has 0 bridgehead atoms. The molecular formula is C16H22F2N4O2. The first kappa shape index (κ1) is 16.9. The quantitative estimate of drug-likeness (QED) is 0.915. The molecule has 24 heavy (non-hydrogen) atoms. The van der Waals surface area contributed by atoms with E-state index in [1.165, 1.54) is 0 Å². The summed E-state index contributed by atoms with van der Waals surface area (Å²) in [5.74, 6) is -0.451. The number of hydrogen-bond donors (Lipinski definition) is 1. The number of nitrogens with one attached hydrogen (secondary N) is 1. The molecule has 1 atom stereocenters. The van der Waals surface area contributed by atoms with Gasteiger partial charge >= 0.3 is 0 Å². The summed E-state index contributed by atoms with van der Waals surface area (Å²) in [5.41, 5.74) is -1.25. The molecule has 2 amide bonds. The third-order valence-electron chi connectivity index (χ3n) is 4.98. The first-order chi connectivity index (χ1) is 11.5. The van der Waals surface area contributed by atoms with Gasteiger partial charge in [-0.15, -0.1) is 0 Å². The lowest BCUT2D eigenvalue weighted by Gasteiger charge is -2.44. The molecule has 1 aromatic heterocycles. The number of carbonyl (C=O) groups excluding carboxylic acids is 2. The molecule has 2 fully saturated rings. The number of carbonyl (C=O) groups is 2. The van der Waals surface area contributed by atoms with Gasteiger partial charge in [-0.3, -0.25) is 14.7 Å². The number of rotatable bonds is 4. The van der Waals surface area contributed by atoms with E-state index in [9.17, 15) is 18.4 Å². The summed E-state index contributed by atoms with van der Waals surface area (Å²) < 4.78 is 25.4. The van der Waals surface area contributed by atoms with Gasteiger partial charge in [0.25, 0.3) is 12.3 Å². The van der Waals surface area contributed by atoms with Gasteiger partial charge in [0.2, 0.25) is 5.91 Å². The number of piperidine rings is 1. The Labute approximate surface area is 139 Å². The highest BCUT2D eigenvalue weighted by molar-refractivity contribution is 5.99. The number of hydrogen-bond acceptors (Lipinski definition) is 3. The minimum atomic E-state index is -2.71. The number of likely N-dealkylation sites (tertiary alicyclic amines) is 2. The predicted molar refractivity (Wildman–Crippen MR) is 82.7 cm³/mol. The Kier molecular flexibility index (Phi) is 4.56. The number of H-pyrrole nitrogens is 1. The number of alkyl halides is 2. The zero-order valence-electron chi connectivity index (χ0n) is 13.7. The molecule has 2 aliphatic heterocycles. The van der Waals surface area contributed by atoms with E-state index < -0.39 is 17.9 Å². The van der Waals surface area contributed by atoms with Gasteiger partial charge in [0, 0.05) is 19.6 Å². The summed E-state index contributed by atoms with van der Waals surface area (Å²) in [6, 6.07) is 1.08. The van der Waals surface area contributed by atoms with E-state index >= 15 is 0 Å². The van der Waals surface area contributed by atoms with E-state index in [0.717, 1.165) is 25.3 Å². The summed E-state index contributed by atoms with van der Waals surface area (Å²) >= 11 is 0. The molecule has 2 saturated heterocycles. The number of amides is 2. The van der Waals surface area contributed by atoms with Crippen LogP contribution in [0.15, 0.2) is 6.07 Å². The smallest absolute Gasteiger partial charge is 0.279 e. The highest BCUT2D eigenvalue weighted by atomic mass is 19.3. The van der Waals surface area contributed by atoms with E-state index in [0.29, 0.717) is 32.5 Å². The van der Waals surface area contributed by atoms with Gasteiger partial charge in [-0.1, -0.05) is 6.92 Å². The SMILES string of the molecule is CCCN1CCCC2(CCCN2C(=O)c2cc(C(F)F)[nH]n2)C1=O. The van der Waals surface area contributed by atoms with Gasteiger partial charge in [0.15, 0.2) is 5.69 Å². The van der Waals surface area contributed by atoms with Crippen molar-refractivity contribution in [3.8, 4) is 0 Å². The van der Waals surface area contributed by atoms with Crippen molar-refractivity contribution < 1.29 is 18.4 Å². The monoisotopic (exact) mass is 340 g/mol. The summed E-state index contributed by atoms with van der Waals surface area (Å²) in [7, 11) is 0. The maximum absolute atomic E-state index is 13.0. The van der Waals surface area contributed by atoms with Gasteiger partial charge in [-0.2, -0.15) is 5.10 Å². The minimum Gasteiger partial charge on any atom is -0.341 e. The molecule has 132 valence electrons. The fourth-order valence-corrected chi connectivity index (χ4v) is 3.90. The maximum atomic E-state index is 13.0. The molecule has 6 nitrogen and oxygen atoms in total. The third kappa shape index (κ3) is 2.67. The number of nitrogens with zero attached hydrogens (tertiary/aromatic N) is 3. The topological polar surface area (TPSA) is 69.3 Å². The van der Waals surface area contributed by atoms with Gasteiger partial charge in [0.1, 0.15) is 11.2 Å². The molecule has 1 unspecified atom stereocenters. The fourth-order valence-electron chi connectivity index (χ4n) is 3.90. The van der Waals surface area contributed by atoms with E-state index in [-0.39, 0.29) is 17.3 Å². The fraction of sp³-hybridized carbons (Fsp3) is 0.688. The van der Waals surface area contributed by atoms with Crippen LogP contribution in [0.2, 0.25) is 0 Å². The van der Waals surface area contributed by atoms with Crippen LogP contribution >= 0.6 is 0 Å². The highest BCUT2D eigenvalue weighted by Crippen LogP contribution is 2.39. The van der Waals surface area contributed by atoms with Crippen molar-refractivity contribution >= 4 is 11.8 Å². The van der Waals surface area contributed by atoms with Crippen LogP contribution in [0.3, 0.4) is 0 Å². The van der Waals surface area contributed by atoms with Crippen molar-refractivity contribution in [1.29, 1.82) is 0 Å². The normalized spacial score (nSPS) is 24.4. The molecule has 1 aromatic rings. The lowest BCUT2D eigenvalue weighted by Crippen LogP contribution is -2.61. The molecule has 0 radical (unpaired) electrons. The van der Waals surface area contributed by atoms with Crippen molar-refractivity contribution in [2.75, 3.05) is 19.6 Å². The third-order valence-corrected chi connectivity index (χ3v) is 4.98. The van der Waals surface area contributed by atoms with E-state index in [2.05, 4.69) is 10.2 Å². The lowest BCUT2D eigenvalue weighted by molar-refractivity contribution is -0.145. The molecule has 0 aliphatic carbocycles. The van der Waals surface area contributed by atoms with Gasteiger partial charge < -0.3 is 9.80 Å². The Hall–Kier alpha value is -1.99. The second-order valence-corrected chi connectivity index (χ2v) is 6.50. The van der Waals surface area contributed by atoms with Crippen molar-refractivity contribution in [3.63, 3.8) is 0 Å². The lowest BCUT2D eigenvalue weighted by atomic mass is 9.85. The molecule has 2 aliphatic rings. The molecule has 1 N–H and O–H groups in total. The predicted octanol–water partition coefficient (Wildman–Crippen LogP) is 2.35. The van der Waals surface area contributed by atoms with Crippen LogP contribution in [-0.4, -0.2) is 57.0 Å². The van der Waals surface area contributed by atoms with Crippen LogP contribution in [-0.2, 0) is 4.79 Å². The summed E-state index contributed by atoms with van der Waals surface area (Å²) in [5, 5.41) is 5.92. The Morgan fingerprint density at radius 3 is 2.71 bits per heavy atom. The van der Waals surface area contributed by atoms with Crippen molar-refractivity contribution in [1.82, 2.24) is 20.0 Å². The minimum absolute atomic E-state index is 0.00827. The molecular weight excluding hydrogens is 318 g/mol. The van der Waals surface area contributed by atoms with Crippen molar-refractivity contribution in [2.24, 2.45) is 0 Å². The summed E-state index contributed by atoms with van der Waals surface area (Å²) in [6.45, 7) is 3.87. The largest absolute Gasteiger partial charge is 0.341 e. The average Bonchev–Trinajstić information content (AvgIpc) is 3.20. The summed E-state index contributed by atoms with van der Waals surface area (Å²) in [6.07, 6.45) is 1.01. The molecule has 3 heterocycles. The summed E-state index contributed by atoms with van der Waals surface area (Å²) in [4.78, 5) is 29.2. The molecule has 3 rings (SSSR count). The molecule has 0 aromatic carbocycles. The van der Waals surface area contributed by atoms with Crippen LogP contribution in [0.25, 0.3) is 0 Å². The Bertz CT molecular complexity index is 631. The first-order valence-electron chi connectivity index (χ1n) is 8.44. The van der Waals surface area contributed by atoms with Crippen LogP contribution in [0.4, 0.5) is 8.78 Å².